The van der Waals surface area contributed by atoms with Crippen molar-refractivity contribution in [1.29, 1.82) is 0 Å². The fourth-order valence-corrected chi connectivity index (χ4v) is 2.65. The van der Waals surface area contributed by atoms with Crippen LogP contribution in [0.1, 0.15) is 11.1 Å². The molecule has 0 aromatic heterocycles. The summed E-state index contributed by atoms with van der Waals surface area (Å²) in [5.41, 5.74) is 1.85. The fraction of sp³-hybridized carbons (Fsp3) is 0.562. The highest BCUT2D eigenvalue weighted by atomic mass is 16.7. The summed E-state index contributed by atoms with van der Waals surface area (Å²) in [6, 6.07) is 7.75. The first-order valence-electron chi connectivity index (χ1n) is 7.38. The highest BCUT2D eigenvalue weighted by Gasteiger charge is 2.40. The van der Waals surface area contributed by atoms with Crippen LogP contribution in [0.2, 0.25) is 0 Å². The van der Waals surface area contributed by atoms with Gasteiger partial charge in [0.2, 0.25) is 0 Å². The van der Waals surface area contributed by atoms with Gasteiger partial charge in [-0.3, -0.25) is 9.69 Å². The van der Waals surface area contributed by atoms with E-state index in [0.717, 1.165) is 32.8 Å². The van der Waals surface area contributed by atoms with E-state index in [9.17, 15) is 4.79 Å². The number of nitrogens with zero attached hydrogens (tertiary/aromatic N) is 1. The summed E-state index contributed by atoms with van der Waals surface area (Å²) in [5.74, 6) is -1.75. The largest absolute Gasteiger partial charge is 0.379 e. The number of methoxy groups -OCH3 is 2. The van der Waals surface area contributed by atoms with Gasteiger partial charge in [0.1, 0.15) is 0 Å². The normalized spacial score (nSPS) is 16.5. The van der Waals surface area contributed by atoms with Crippen LogP contribution in [-0.2, 0) is 31.3 Å². The van der Waals surface area contributed by atoms with Crippen molar-refractivity contribution in [3.63, 3.8) is 0 Å². The van der Waals surface area contributed by atoms with Crippen LogP contribution in [0.15, 0.2) is 24.3 Å². The Morgan fingerprint density at radius 1 is 1.23 bits per heavy atom. The van der Waals surface area contributed by atoms with E-state index in [4.69, 9.17) is 14.2 Å². The maximum Gasteiger partial charge on any atom is 0.285 e. The van der Waals surface area contributed by atoms with Gasteiger partial charge in [0.05, 0.1) is 13.2 Å². The molecule has 0 radical (unpaired) electrons. The van der Waals surface area contributed by atoms with E-state index in [1.807, 2.05) is 24.3 Å². The Morgan fingerprint density at radius 3 is 2.32 bits per heavy atom. The average Bonchev–Trinajstić information content (AvgIpc) is 2.58. The molecule has 1 N–H and O–H groups in total. The first kappa shape index (κ1) is 16.9. The third-order valence-electron chi connectivity index (χ3n) is 3.94. The molecule has 1 amide bonds. The van der Waals surface area contributed by atoms with Gasteiger partial charge in [-0.05, 0) is 5.56 Å². The van der Waals surface area contributed by atoms with E-state index in [-0.39, 0.29) is 5.91 Å². The second-order valence-corrected chi connectivity index (χ2v) is 5.19. The molecule has 0 unspecified atom stereocenters. The Bertz CT molecular complexity index is 479. The molecule has 1 aliphatic heterocycles. The standard InChI is InChI=1S/C16H24N2O4/c1-17-15(19)16(20-2,21-3)14-6-4-13(5-7-14)12-18-8-10-22-11-9-18/h4-7H,8-12H2,1-3H3,(H,17,19). The summed E-state index contributed by atoms with van der Waals surface area (Å²) in [6.07, 6.45) is 0. The zero-order valence-corrected chi connectivity index (χ0v) is 13.4. The van der Waals surface area contributed by atoms with Crippen LogP contribution in [0.3, 0.4) is 0 Å². The minimum atomic E-state index is -1.41. The van der Waals surface area contributed by atoms with Crippen molar-refractivity contribution in [2.75, 3.05) is 47.6 Å². The minimum absolute atomic E-state index is 0.335. The first-order chi connectivity index (χ1) is 10.7. The smallest absolute Gasteiger partial charge is 0.285 e. The second kappa shape index (κ2) is 7.69. The van der Waals surface area contributed by atoms with Crippen LogP contribution >= 0.6 is 0 Å². The monoisotopic (exact) mass is 308 g/mol. The number of carbonyl (C=O) groups is 1. The minimum Gasteiger partial charge on any atom is -0.379 e. The van der Waals surface area contributed by atoms with E-state index in [2.05, 4.69) is 10.2 Å². The van der Waals surface area contributed by atoms with Crippen molar-refractivity contribution in [1.82, 2.24) is 10.2 Å². The third kappa shape index (κ3) is 3.47. The topological polar surface area (TPSA) is 60.0 Å². The SMILES string of the molecule is CNC(=O)C(OC)(OC)c1ccc(CN2CCOCC2)cc1. The van der Waals surface area contributed by atoms with Crippen molar-refractivity contribution >= 4 is 5.91 Å². The molecular weight excluding hydrogens is 284 g/mol. The first-order valence-corrected chi connectivity index (χ1v) is 7.38. The maximum absolute atomic E-state index is 12.1. The lowest BCUT2D eigenvalue weighted by Gasteiger charge is -2.29. The van der Waals surface area contributed by atoms with Gasteiger partial charge >= 0.3 is 0 Å². The van der Waals surface area contributed by atoms with Gasteiger partial charge in [0.15, 0.2) is 0 Å². The van der Waals surface area contributed by atoms with Gasteiger partial charge in [0, 0.05) is 46.5 Å². The van der Waals surface area contributed by atoms with Crippen LogP contribution in [0, 0.1) is 0 Å². The number of ether oxygens (including phenoxy) is 3. The lowest BCUT2D eigenvalue weighted by Crippen LogP contribution is -2.46. The predicted molar refractivity (Wildman–Crippen MR) is 82.3 cm³/mol. The molecule has 0 atom stereocenters. The fourth-order valence-electron chi connectivity index (χ4n) is 2.65. The lowest BCUT2D eigenvalue weighted by molar-refractivity contribution is -0.215. The second-order valence-electron chi connectivity index (χ2n) is 5.19. The number of nitrogens with one attached hydrogen (secondary N) is 1. The summed E-state index contributed by atoms with van der Waals surface area (Å²) in [6.45, 7) is 4.33. The van der Waals surface area contributed by atoms with Crippen molar-refractivity contribution in [2.24, 2.45) is 0 Å². The number of amides is 1. The molecular formula is C16H24N2O4. The molecule has 6 heteroatoms. The lowest BCUT2D eigenvalue weighted by atomic mass is 10.0. The molecule has 0 saturated carbocycles. The van der Waals surface area contributed by atoms with Crippen molar-refractivity contribution < 1.29 is 19.0 Å². The number of rotatable bonds is 6. The Kier molecular flexibility index (Phi) is 5.90. The van der Waals surface area contributed by atoms with E-state index in [1.54, 1.807) is 7.05 Å². The van der Waals surface area contributed by atoms with Gasteiger partial charge < -0.3 is 19.5 Å². The zero-order valence-electron chi connectivity index (χ0n) is 13.4. The van der Waals surface area contributed by atoms with E-state index >= 15 is 0 Å². The highest BCUT2D eigenvalue weighted by Crippen LogP contribution is 2.27. The van der Waals surface area contributed by atoms with Crippen molar-refractivity contribution in [3.8, 4) is 0 Å². The van der Waals surface area contributed by atoms with E-state index < -0.39 is 5.79 Å². The number of carbonyl (C=O) groups excluding carboxylic acids is 1. The molecule has 1 aliphatic rings. The predicted octanol–water partition coefficient (Wildman–Crippen LogP) is 0.710. The summed E-state index contributed by atoms with van der Waals surface area (Å²) in [5, 5.41) is 2.58. The van der Waals surface area contributed by atoms with Crippen molar-refractivity contribution in [2.45, 2.75) is 12.3 Å². The maximum atomic E-state index is 12.1. The van der Waals surface area contributed by atoms with Crippen molar-refractivity contribution in [3.05, 3.63) is 35.4 Å². The van der Waals surface area contributed by atoms with Crippen LogP contribution in [0.5, 0.6) is 0 Å². The average molecular weight is 308 g/mol. The number of hydrogen-bond acceptors (Lipinski definition) is 5. The molecule has 1 fully saturated rings. The van der Waals surface area contributed by atoms with Gasteiger partial charge in [0.25, 0.3) is 11.7 Å². The summed E-state index contributed by atoms with van der Waals surface area (Å²) >= 11 is 0. The Balaban J connectivity index is 2.13. The van der Waals surface area contributed by atoms with Gasteiger partial charge in [-0.2, -0.15) is 0 Å². The van der Waals surface area contributed by atoms with E-state index in [1.165, 1.54) is 19.8 Å². The molecule has 1 heterocycles. The third-order valence-corrected chi connectivity index (χ3v) is 3.94. The quantitative estimate of drug-likeness (QED) is 0.784. The number of benzene rings is 1. The molecule has 0 bridgehead atoms. The van der Waals surface area contributed by atoms with Gasteiger partial charge in [-0.15, -0.1) is 0 Å². The van der Waals surface area contributed by atoms with Crippen LogP contribution in [-0.4, -0.2) is 58.4 Å². The molecule has 122 valence electrons. The molecule has 1 aromatic rings. The highest BCUT2D eigenvalue weighted by molar-refractivity contribution is 5.84. The Morgan fingerprint density at radius 2 is 1.82 bits per heavy atom. The molecule has 1 saturated heterocycles. The summed E-state index contributed by atoms with van der Waals surface area (Å²) < 4.78 is 16.1. The summed E-state index contributed by atoms with van der Waals surface area (Å²) in [7, 11) is 4.47. The zero-order chi connectivity index (χ0) is 16.0. The molecule has 0 spiro atoms. The number of likely N-dealkylation sites (N-methyl/N-ethyl adjacent to an activating group) is 1. The molecule has 6 nitrogen and oxygen atoms in total. The van der Waals surface area contributed by atoms with Crippen LogP contribution < -0.4 is 5.32 Å². The van der Waals surface area contributed by atoms with Crippen LogP contribution in [0.4, 0.5) is 0 Å². The van der Waals surface area contributed by atoms with Gasteiger partial charge in [-0.25, -0.2) is 0 Å². The number of morpholine rings is 1. The molecule has 1 aromatic carbocycles. The van der Waals surface area contributed by atoms with E-state index in [0.29, 0.717) is 5.56 Å². The Labute approximate surface area is 131 Å². The molecule has 0 aliphatic carbocycles. The molecule has 22 heavy (non-hydrogen) atoms. The van der Waals surface area contributed by atoms with Crippen LogP contribution in [0.25, 0.3) is 0 Å². The Hall–Kier alpha value is -1.47. The molecule has 2 rings (SSSR count). The summed E-state index contributed by atoms with van der Waals surface area (Å²) in [4.78, 5) is 14.5. The van der Waals surface area contributed by atoms with Gasteiger partial charge in [-0.1, -0.05) is 24.3 Å². The number of hydrogen-bond donors (Lipinski definition) is 1.